The maximum atomic E-state index is 11.5. The largest absolute Gasteiger partial charge is 0.467 e. The maximum absolute atomic E-state index is 11.5. The van der Waals surface area contributed by atoms with Crippen molar-refractivity contribution >= 4 is 11.9 Å². The molecule has 0 heterocycles. The zero-order valence-electron chi connectivity index (χ0n) is 11.9. The number of hydrogen-bond acceptors (Lipinski definition) is 8. The van der Waals surface area contributed by atoms with Crippen LogP contribution >= 0.6 is 0 Å². The number of methoxy groups -OCH3 is 1. The molecule has 0 saturated carbocycles. The molecule has 1 amide bonds. The van der Waals surface area contributed by atoms with Crippen LogP contribution in [0, 0.1) is 0 Å². The first kappa shape index (κ1) is 19.7. The van der Waals surface area contributed by atoms with Gasteiger partial charge in [-0.3, -0.25) is 4.79 Å². The zero-order chi connectivity index (χ0) is 16.4. The lowest BCUT2D eigenvalue weighted by atomic mass is 10.0. The second kappa shape index (κ2) is 10.5. The maximum Gasteiger partial charge on any atom is 0.337 e. The van der Waals surface area contributed by atoms with Crippen molar-refractivity contribution in [2.75, 3.05) is 20.2 Å². The molecule has 0 aliphatic carbocycles. The summed E-state index contributed by atoms with van der Waals surface area (Å²) in [5.74, 6) is -2.10. The van der Waals surface area contributed by atoms with E-state index in [2.05, 4.69) is 10.1 Å². The lowest BCUT2D eigenvalue weighted by Crippen LogP contribution is -2.52. The number of carbonyl (C=O) groups is 2. The van der Waals surface area contributed by atoms with Gasteiger partial charge in [0.2, 0.25) is 0 Å². The number of esters is 1. The van der Waals surface area contributed by atoms with Crippen LogP contribution in [0.4, 0.5) is 0 Å². The molecule has 4 atom stereocenters. The number of ether oxygens (including phenoxy) is 1. The summed E-state index contributed by atoms with van der Waals surface area (Å²) in [7, 11) is 0.981. The van der Waals surface area contributed by atoms with Gasteiger partial charge in [-0.05, 0) is 19.4 Å². The topological polar surface area (TPSA) is 162 Å². The summed E-state index contributed by atoms with van der Waals surface area (Å²) in [6.07, 6.45) is -5.84. The SMILES string of the molecule is COC(=O)[C@@H](O)[C@@H](O)[C@H](O)[C@H](O)C(=O)NCCCCCN. The molecule has 0 aromatic heterocycles. The summed E-state index contributed by atoms with van der Waals surface area (Å²) in [5, 5.41) is 40.3. The highest BCUT2D eigenvalue weighted by Crippen LogP contribution is 2.07. The quantitative estimate of drug-likeness (QED) is 0.182. The Morgan fingerprint density at radius 1 is 1.05 bits per heavy atom. The highest BCUT2D eigenvalue weighted by Gasteiger charge is 2.37. The number of rotatable bonds is 10. The molecule has 0 aliphatic rings. The van der Waals surface area contributed by atoms with Crippen LogP contribution in [0.15, 0.2) is 0 Å². The van der Waals surface area contributed by atoms with Crippen molar-refractivity contribution in [3.63, 3.8) is 0 Å². The molecule has 9 nitrogen and oxygen atoms in total. The minimum atomic E-state index is -2.06. The molecule has 7 N–H and O–H groups in total. The van der Waals surface area contributed by atoms with Crippen LogP contribution in [-0.4, -0.2) is 76.9 Å². The Labute approximate surface area is 122 Å². The molecule has 0 unspecified atom stereocenters. The summed E-state index contributed by atoms with van der Waals surface area (Å²) < 4.78 is 4.17. The van der Waals surface area contributed by atoms with Crippen molar-refractivity contribution in [3.05, 3.63) is 0 Å². The smallest absolute Gasteiger partial charge is 0.337 e. The van der Waals surface area contributed by atoms with Gasteiger partial charge in [0.05, 0.1) is 7.11 Å². The van der Waals surface area contributed by atoms with Gasteiger partial charge in [0, 0.05) is 6.54 Å². The molecule has 21 heavy (non-hydrogen) atoms. The van der Waals surface area contributed by atoms with E-state index in [1.54, 1.807) is 0 Å². The molecule has 0 aromatic carbocycles. The van der Waals surface area contributed by atoms with Gasteiger partial charge in [0.15, 0.2) is 12.2 Å². The van der Waals surface area contributed by atoms with E-state index < -0.39 is 36.3 Å². The molecule has 0 aromatic rings. The summed E-state index contributed by atoms with van der Waals surface area (Å²) in [5.41, 5.74) is 5.31. The Morgan fingerprint density at radius 2 is 1.62 bits per heavy atom. The first-order chi connectivity index (χ1) is 9.86. The van der Waals surface area contributed by atoms with Gasteiger partial charge in [-0.1, -0.05) is 6.42 Å². The third-order valence-electron chi connectivity index (χ3n) is 2.89. The highest BCUT2D eigenvalue weighted by atomic mass is 16.5. The average Bonchev–Trinajstić information content (AvgIpc) is 2.50. The van der Waals surface area contributed by atoms with E-state index in [0.717, 1.165) is 20.0 Å². The number of nitrogens with one attached hydrogen (secondary N) is 1. The number of hydrogen-bond donors (Lipinski definition) is 6. The Hall–Kier alpha value is -1.26. The fourth-order valence-electron chi connectivity index (χ4n) is 1.55. The molecule has 0 spiro atoms. The second-order valence-corrected chi connectivity index (χ2v) is 4.53. The second-order valence-electron chi connectivity index (χ2n) is 4.53. The summed E-state index contributed by atoms with van der Waals surface area (Å²) in [6.45, 7) is 0.825. The van der Waals surface area contributed by atoms with Gasteiger partial charge >= 0.3 is 5.97 Å². The predicted molar refractivity (Wildman–Crippen MR) is 72.0 cm³/mol. The highest BCUT2D eigenvalue weighted by molar-refractivity contribution is 5.81. The normalized spacial score (nSPS) is 16.7. The van der Waals surface area contributed by atoms with E-state index in [9.17, 15) is 30.0 Å². The van der Waals surface area contributed by atoms with Crippen molar-refractivity contribution < 1.29 is 34.8 Å². The minimum Gasteiger partial charge on any atom is -0.467 e. The molecule has 0 bridgehead atoms. The van der Waals surface area contributed by atoms with E-state index in [-0.39, 0.29) is 6.54 Å². The van der Waals surface area contributed by atoms with Crippen molar-refractivity contribution in [3.8, 4) is 0 Å². The van der Waals surface area contributed by atoms with E-state index in [0.29, 0.717) is 13.0 Å². The van der Waals surface area contributed by atoms with Crippen molar-refractivity contribution in [1.29, 1.82) is 0 Å². The Bertz CT molecular complexity index is 327. The lowest BCUT2D eigenvalue weighted by molar-refractivity contribution is -0.169. The van der Waals surface area contributed by atoms with E-state index in [1.807, 2.05) is 0 Å². The lowest BCUT2D eigenvalue weighted by Gasteiger charge is -2.24. The fraction of sp³-hybridized carbons (Fsp3) is 0.833. The first-order valence-corrected chi connectivity index (χ1v) is 6.64. The Kier molecular flexibility index (Phi) is 9.84. The van der Waals surface area contributed by atoms with Gasteiger partial charge in [-0.25, -0.2) is 4.79 Å². The monoisotopic (exact) mass is 308 g/mol. The van der Waals surface area contributed by atoms with Crippen molar-refractivity contribution in [2.24, 2.45) is 5.73 Å². The molecule has 0 rings (SSSR count). The Morgan fingerprint density at radius 3 is 2.14 bits per heavy atom. The van der Waals surface area contributed by atoms with Crippen molar-refractivity contribution in [1.82, 2.24) is 5.32 Å². The number of unbranched alkanes of at least 4 members (excludes halogenated alkanes) is 2. The van der Waals surface area contributed by atoms with E-state index in [1.165, 1.54) is 0 Å². The number of amides is 1. The molecule has 0 saturated heterocycles. The van der Waals surface area contributed by atoms with Crippen LogP contribution in [0.3, 0.4) is 0 Å². The summed E-state index contributed by atoms with van der Waals surface area (Å²) in [4.78, 5) is 22.5. The summed E-state index contributed by atoms with van der Waals surface area (Å²) in [6, 6.07) is 0. The summed E-state index contributed by atoms with van der Waals surface area (Å²) >= 11 is 0. The molecule has 0 aliphatic heterocycles. The van der Waals surface area contributed by atoms with E-state index >= 15 is 0 Å². The number of carbonyl (C=O) groups excluding carboxylic acids is 2. The number of aliphatic hydroxyl groups excluding tert-OH is 4. The predicted octanol–water partition coefficient (Wildman–Crippen LogP) is -3.15. The van der Waals surface area contributed by atoms with Gasteiger partial charge in [0.1, 0.15) is 12.2 Å². The zero-order valence-corrected chi connectivity index (χ0v) is 11.9. The van der Waals surface area contributed by atoms with Gasteiger partial charge in [0.25, 0.3) is 5.91 Å². The fourth-order valence-corrected chi connectivity index (χ4v) is 1.55. The van der Waals surface area contributed by atoms with Gasteiger partial charge in [-0.15, -0.1) is 0 Å². The van der Waals surface area contributed by atoms with Crippen LogP contribution in [0.5, 0.6) is 0 Å². The van der Waals surface area contributed by atoms with Crippen LogP contribution < -0.4 is 11.1 Å². The molecule has 9 heteroatoms. The minimum absolute atomic E-state index is 0.276. The molecule has 124 valence electrons. The molecule has 0 radical (unpaired) electrons. The van der Waals surface area contributed by atoms with Gasteiger partial charge in [-0.2, -0.15) is 0 Å². The standard InChI is InChI=1S/C12H24N2O7/c1-21-12(20)10(18)8(16)7(15)9(17)11(19)14-6-4-2-3-5-13/h7-10,15-18H,2-6,13H2,1H3,(H,14,19)/t7-,8-,9-,10-/m0/s1. The van der Waals surface area contributed by atoms with Crippen LogP contribution in [0.2, 0.25) is 0 Å². The average molecular weight is 308 g/mol. The molecular formula is C12H24N2O7. The van der Waals surface area contributed by atoms with E-state index in [4.69, 9.17) is 5.73 Å². The molecule has 0 fully saturated rings. The van der Waals surface area contributed by atoms with Crippen LogP contribution in [0.25, 0.3) is 0 Å². The third-order valence-corrected chi connectivity index (χ3v) is 2.89. The first-order valence-electron chi connectivity index (χ1n) is 6.64. The van der Waals surface area contributed by atoms with Gasteiger partial charge < -0.3 is 36.2 Å². The number of aliphatic hydroxyl groups is 4. The third kappa shape index (κ3) is 6.82. The van der Waals surface area contributed by atoms with Crippen LogP contribution in [0.1, 0.15) is 19.3 Å². The number of nitrogens with two attached hydrogens (primary N) is 1. The molecular weight excluding hydrogens is 284 g/mol. The van der Waals surface area contributed by atoms with Crippen LogP contribution in [-0.2, 0) is 14.3 Å². The van der Waals surface area contributed by atoms with Crippen molar-refractivity contribution in [2.45, 2.75) is 43.7 Å². The Balaban J connectivity index is 4.25.